The summed E-state index contributed by atoms with van der Waals surface area (Å²) in [5.41, 5.74) is 3.64. The molecule has 1 aromatic carbocycles. The Morgan fingerprint density at radius 2 is 1.77 bits per heavy atom. The first-order valence-electron chi connectivity index (χ1n) is 12.0. The fourth-order valence-electron chi connectivity index (χ4n) is 7.51. The number of benzene rings is 1. The van der Waals surface area contributed by atoms with Crippen LogP contribution in [0.15, 0.2) is 47.6 Å². The minimum atomic E-state index is -0.210. The molecule has 1 aromatic rings. The highest BCUT2D eigenvalue weighted by molar-refractivity contribution is 6.05. The molecule has 0 radical (unpaired) electrons. The maximum Gasteiger partial charge on any atom is 0.302 e. The Morgan fingerprint density at radius 3 is 2.52 bits per heavy atom. The summed E-state index contributed by atoms with van der Waals surface area (Å²) >= 11 is 0. The van der Waals surface area contributed by atoms with E-state index >= 15 is 0 Å². The topological polar surface area (TPSA) is 43.4 Å². The molecule has 5 rings (SSSR count). The number of carbonyl (C=O) groups is 2. The van der Waals surface area contributed by atoms with E-state index in [0.29, 0.717) is 23.5 Å². The first-order chi connectivity index (χ1) is 14.8. The van der Waals surface area contributed by atoms with Crippen molar-refractivity contribution in [2.24, 2.45) is 28.6 Å². The van der Waals surface area contributed by atoms with Crippen LogP contribution in [0, 0.1) is 28.6 Å². The lowest BCUT2D eigenvalue weighted by Gasteiger charge is -2.56. The molecule has 0 heterocycles. The van der Waals surface area contributed by atoms with Gasteiger partial charge in [-0.1, -0.05) is 55.8 Å². The second kappa shape index (κ2) is 7.46. The van der Waals surface area contributed by atoms with E-state index in [1.165, 1.54) is 12.5 Å². The first kappa shape index (κ1) is 20.7. The molecule has 0 saturated heterocycles. The van der Waals surface area contributed by atoms with Crippen LogP contribution in [0.5, 0.6) is 0 Å². The van der Waals surface area contributed by atoms with E-state index < -0.39 is 0 Å². The highest BCUT2D eigenvalue weighted by Crippen LogP contribution is 2.64. The molecular weight excluding hydrogens is 384 g/mol. The zero-order valence-corrected chi connectivity index (χ0v) is 19.0. The number of ketones is 1. The Balaban J connectivity index is 1.42. The molecule has 3 nitrogen and oxygen atoms in total. The van der Waals surface area contributed by atoms with Gasteiger partial charge in [-0.25, -0.2) is 0 Å². The van der Waals surface area contributed by atoms with Gasteiger partial charge in [0.2, 0.25) is 0 Å². The molecule has 31 heavy (non-hydrogen) atoms. The van der Waals surface area contributed by atoms with E-state index in [2.05, 4.69) is 38.1 Å². The van der Waals surface area contributed by atoms with Crippen LogP contribution >= 0.6 is 0 Å². The summed E-state index contributed by atoms with van der Waals surface area (Å²) in [6.07, 6.45) is 11.7. The van der Waals surface area contributed by atoms with Crippen LogP contribution in [0.3, 0.4) is 0 Å². The summed E-state index contributed by atoms with van der Waals surface area (Å²) in [6.45, 7) is 6.19. The van der Waals surface area contributed by atoms with Crippen LogP contribution in [-0.2, 0) is 14.3 Å². The number of hydrogen-bond donors (Lipinski definition) is 0. The van der Waals surface area contributed by atoms with Crippen molar-refractivity contribution in [3.05, 3.63) is 53.1 Å². The Kier molecular flexibility index (Phi) is 4.99. The number of esters is 1. The molecule has 3 heteroatoms. The number of allylic oxidation sites excluding steroid dienone is 2. The van der Waals surface area contributed by atoms with Crippen molar-refractivity contribution in [3.63, 3.8) is 0 Å². The van der Waals surface area contributed by atoms with E-state index in [9.17, 15) is 9.59 Å². The highest BCUT2D eigenvalue weighted by Gasteiger charge is 2.59. The molecule has 4 unspecified atom stereocenters. The average molecular weight is 419 g/mol. The summed E-state index contributed by atoms with van der Waals surface area (Å²) < 4.78 is 5.56. The molecule has 0 aliphatic heterocycles. The predicted molar refractivity (Wildman–Crippen MR) is 122 cm³/mol. The van der Waals surface area contributed by atoms with E-state index in [1.807, 2.05) is 18.2 Å². The second-order valence-corrected chi connectivity index (χ2v) is 10.8. The van der Waals surface area contributed by atoms with Gasteiger partial charge in [-0.3, -0.25) is 9.59 Å². The summed E-state index contributed by atoms with van der Waals surface area (Å²) in [5.74, 6) is 1.86. The summed E-state index contributed by atoms with van der Waals surface area (Å²) in [4.78, 5) is 25.0. The van der Waals surface area contributed by atoms with Crippen LogP contribution in [0.25, 0.3) is 6.08 Å². The number of ether oxygens (including phenoxy) is 1. The van der Waals surface area contributed by atoms with Crippen LogP contribution in [0.2, 0.25) is 0 Å². The highest BCUT2D eigenvalue weighted by atomic mass is 16.5. The minimum Gasteiger partial charge on any atom is -0.462 e. The minimum absolute atomic E-state index is 0.0377. The first-order valence-corrected chi connectivity index (χ1v) is 12.0. The van der Waals surface area contributed by atoms with E-state index in [0.717, 1.165) is 56.1 Å². The molecule has 6 atom stereocenters. The van der Waals surface area contributed by atoms with Crippen LogP contribution in [-0.4, -0.2) is 17.9 Å². The summed E-state index contributed by atoms with van der Waals surface area (Å²) in [5, 5.41) is 0. The SMILES string of the molecule is CC(=O)OC1CC[C@@]2(C)C(=CCC3C2CC[C@]2(C)C(=O)/C(=C/c4ccccc4)CC32)C1. The lowest BCUT2D eigenvalue weighted by Crippen LogP contribution is -2.50. The standard InChI is InChI=1S/C28H34O3/c1-18(29)31-22-11-13-27(2)21(17-22)9-10-23-24(27)12-14-28(3)25(23)16-20(26(28)30)15-19-7-5-4-6-8-19/h4-9,15,22-25H,10-14,16-17H2,1-3H3/b20-15+/t22?,23?,24?,25?,27-,28-/m0/s1. The molecule has 0 amide bonds. The third-order valence-electron chi connectivity index (χ3n) is 9.17. The quantitative estimate of drug-likeness (QED) is 0.329. The van der Waals surface area contributed by atoms with Gasteiger partial charge in [0.25, 0.3) is 0 Å². The molecule has 4 aliphatic rings. The van der Waals surface area contributed by atoms with Crippen LogP contribution in [0.1, 0.15) is 71.3 Å². The van der Waals surface area contributed by atoms with Crippen LogP contribution < -0.4 is 0 Å². The van der Waals surface area contributed by atoms with Gasteiger partial charge in [0, 0.05) is 18.8 Å². The number of carbonyl (C=O) groups excluding carboxylic acids is 2. The third kappa shape index (κ3) is 3.32. The predicted octanol–water partition coefficient (Wildman–Crippen LogP) is 6.14. The van der Waals surface area contributed by atoms with Gasteiger partial charge in [-0.05, 0) is 78.9 Å². The molecule has 0 aromatic heterocycles. The molecule has 4 aliphatic carbocycles. The van der Waals surface area contributed by atoms with Gasteiger partial charge in [0.15, 0.2) is 5.78 Å². The normalized spacial score (nSPS) is 40.5. The van der Waals surface area contributed by atoms with Crippen molar-refractivity contribution in [2.45, 2.75) is 71.8 Å². The number of Topliss-reactive ketones (excluding diaryl/α,β-unsaturated/α-hetero) is 1. The molecule has 0 spiro atoms. The second-order valence-electron chi connectivity index (χ2n) is 10.8. The zero-order chi connectivity index (χ0) is 21.8. The van der Waals surface area contributed by atoms with E-state index in [-0.39, 0.29) is 22.9 Å². The molecule has 0 N–H and O–H groups in total. The van der Waals surface area contributed by atoms with Gasteiger partial charge < -0.3 is 4.74 Å². The van der Waals surface area contributed by atoms with Gasteiger partial charge in [-0.2, -0.15) is 0 Å². The Bertz CT molecular complexity index is 958. The van der Waals surface area contributed by atoms with E-state index in [4.69, 9.17) is 4.74 Å². The van der Waals surface area contributed by atoms with Gasteiger partial charge in [0.05, 0.1) is 0 Å². The van der Waals surface area contributed by atoms with Crippen molar-refractivity contribution in [3.8, 4) is 0 Å². The lowest BCUT2D eigenvalue weighted by molar-refractivity contribution is -0.148. The summed E-state index contributed by atoms with van der Waals surface area (Å²) in [7, 11) is 0. The molecule has 3 saturated carbocycles. The average Bonchev–Trinajstić information content (AvgIpc) is 2.99. The van der Waals surface area contributed by atoms with Gasteiger partial charge >= 0.3 is 5.97 Å². The van der Waals surface area contributed by atoms with Crippen molar-refractivity contribution < 1.29 is 14.3 Å². The molecule has 3 fully saturated rings. The number of fused-ring (bicyclic) bond motifs is 5. The third-order valence-corrected chi connectivity index (χ3v) is 9.17. The molecule has 164 valence electrons. The molecule has 0 bridgehead atoms. The van der Waals surface area contributed by atoms with Gasteiger partial charge in [0.1, 0.15) is 6.10 Å². The van der Waals surface area contributed by atoms with Crippen molar-refractivity contribution >= 4 is 17.8 Å². The van der Waals surface area contributed by atoms with Crippen molar-refractivity contribution in [1.29, 1.82) is 0 Å². The van der Waals surface area contributed by atoms with Gasteiger partial charge in [-0.15, -0.1) is 0 Å². The molecular formula is C28H34O3. The van der Waals surface area contributed by atoms with Crippen LogP contribution in [0.4, 0.5) is 0 Å². The lowest BCUT2D eigenvalue weighted by atomic mass is 9.48. The zero-order valence-electron chi connectivity index (χ0n) is 19.0. The Hall–Kier alpha value is -2.16. The van der Waals surface area contributed by atoms with Crippen molar-refractivity contribution in [1.82, 2.24) is 0 Å². The maximum atomic E-state index is 13.5. The number of rotatable bonds is 2. The summed E-state index contributed by atoms with van der Waals surface area (Å²) in [6, 6.07) is 10.3. The van der Waals surface area contributed by atoms with E-state index in [1.54, 1.807) is 0 Å². The Morgan fingerprint density at radius 1 is 1.03 bits per heavy atom. The fourth-order valence-corrected chi connectivity index (χ4v) is 7.51. The monoisotopic (exact) mass is 418 g/mol. The smallest absolute Gasteiger partial charge is 0.302 e. The van der Waals surface area contributed by atoms with Crippen molar-refractivity contribution in [2.75, 3.05) is 0 Å². The Labute approximate surface area is 185 Å². The maximum absolute atomic E-state index is 13.5. The largest absolute Gasteiger partial charge is 0.462 e. The fraction of sp³-hybridized carbons (Fsp3) is 0.571. The number of hydrogen-bond acceptors (Lipinski definition) is 3.